The maximum Gasteiger partial charge on any atom is 0.273 e. The standard InChI is InChI=1S/C21H26N2O3/c1-5-22-21(24)20(23-25-4)18-12-7-6-10-16(18)14-26-19-13-9-8-11-17(19)15(2)3/h6-13,15H,5,14H2,1-4H3,(H,22,24)/b23-20+. The van der Waals surface area contributed by atoms with Crippen molar-refractivity contribution in [1.82, 2.24) is 5.32 Å². The highest BCUT2D eigenvalue weighted by atomic mass is 16.6. The van der Waals surface area contributed by atoms with E-state index in [0.717, 1.165) is 16.9 Å². The molecule has 138 valence electrons. The normalized spacial score (nSPS) is 11.3. The lowest BCUT2D eigenvalue weighted by atomic mass is 10.0. The van der Waals surface area contributed by atoms with Gasteiger partial charge in [0.15, 0.2) is 5.71 Å². The topological polar surface area (TPSA) is 59.9 Å². The third-order valence-electron chi connectivity index (χ3n) is 3.93. The first kappa shape index (κ1) is 19.5. The second-order valence-corrected chi connectivity index (χ2v) is 6.12. The average Bonchev–Trinajstić information content (AvgIpc) is 2.65. The quantitative estimate of drug-likeness (QED) is 0.578. The summed E-state index contributed by atoms with van der Waals surface area (Å²) in [7, 11) is 1.43. The summed E-state index contributed by atoms with van der Waals surface area (Å²) in [6.45, 7) is 6.98. The van der Waals surface area contributed by atoms with Crippen LogP contribution in [0.1, 0.15) is 43.4 Å². The van der Waals surface area contributed by atoms with Crippen LogP contribution in [0.4, 0.5) is 0 Å². The van der Waals surface area contributed by atoms with Gasteiger partial charge in [0.2, 0.25) is 0 Å². The summed E-state index contributed by atoms with van der Waals surface area (Å²) in [5, 5.41) is 6.69. The van der Waals surface area contributed by atoms with Crippen molar-refractivity contribution in [3.05, 3.63) is 65.2 Å². The number of para-hydroxylation sites is 1. The Morgan fingerprint density at radius 1 is 1.12 bits per heavy atom. The van der Waals surface area contributed by atoms with E-state index >= 15 is 0 Å². The minimum Gasteiger partial charge on any atom is -0.489 e. The van der Waals surface area contributed by atoms with E-state index in [4.69, 9.17) is 9.57 Å². The largest absolute Gasteiger partial charge is 0.489 e. The summed E-state index contributed by atoms with van der Waals surface area (Å²) < 4.78 is 6.07. The number of amides is 1. The maximum absolute atomic E-state index is 12.3. The van der Waals surface area contributed by atoms with Crippen LogP contribution in [-0.2, 0) is 16.2 Å². The molecule has 0 fully saturated rings. The van der Waals surface area contributed by atoms with Gasteiger partial charge in [0.05, 0.1) is 0 Å². The molecule has 2 aromatic carbocycles. The Balaban J connectivity index is 2.29. The summed E-state index contributed by atoms with van der Waals surface area (Å²) in [5.74, 6) is 0.937. The molecule has 0 heterocycles. The van der Waals surface area contributed by atoms with Crippen molar-refractivity contribution in [1.29, 1.82) is 0 Å². The fourth-order valence-electron chi connectivity index (χ4n) is 2.67. The minimum atomic E-state index is -0.274. The molecule has 0 aliphatic rings. The molecule has 0 radical (unpaired) electrons. The Kier molecular flexibility index (Phi) is 7.21. The molecule has 0 atom stereocenters. The molecule has 2 rings (SSSR count). The molecular formula is C21H26N2O3. The maximum atomic E-state index is 12.3. The number of benzene rings is 2. The number of nitrogens with zero attached hydrogens (tertiary/aromatic N) is 1. The lowest BCUT2D eigenvalue weighted by Crippen LogP contribution is -2.32. The Morgan fingerprint density at radius 3 is 2.50 bits per heavy atom. The van der Waals surface area contributed by atoms with Crippen molar-refractivity contribution in [2.75, 3.05) is 13.7 Å². The average molecular weight is 354 g/mol. The van der Waals surface area contributed by atoms with Gasteiger partial charge in [0, 0.05) is 12.1 Å². The van der Waals surface area contributed by atoms with E-state index in [9.17, 15) is 4.79 Å². The Morgan fingerprint density at radius 2 is 1.81 bits per heavy atom. The van der Waals surface area contributed by atoms with Gasteiger partial charge in [-0.05, 0) is 30.0 Å². The van der Waals surface area contributed by atoms with Crippen molar-refractivity contribution >= 4 is 11.6 Å². The van der Waals surface area contributed by atoms with Crippen molar-refractivity contribution in [3.8, 4) is 5.75 Å². The third-order valence-corrected chi connectivity index (χ3v) is 3.93. The van der Waals surface area contributed by atoms with Crippen molar-refractivity contribution < 1.29 is 14.4 Å². The number of likely N-dealkylation sites (N-methyl/N-ethyl adjacent to an activating group) is 1. The van der Waals surface area contributed by atoms with Gasteiger partial charge < -0.3 is 14.9 Å². The van der Waals surface area contributed by atoms with Crippen molar-refractivity contribution in [2.45, 2.75) is 33.3 Å². The first-order valence-electron chi connectivity index (χ1n) is 8.77. The smallest absolute Gasteiger partial charge is 0.273 e. The number of hydrogen-bond donors (Lipinski definition) is 1. The predicted octanol–water partition coefficient (Wildman–Crippen LogP) is 3.88. The van der Waals surface area contributed by atoms with Gasteiger partial charge in [-0.1, -0.05) is 61.5 Å². The minimum absolute atomic E-state index is 0.241. The van der Waals surface area contributed by atoms with Crippen LogP contribution >= 0.6 is 0 Å². The predicted molar refractivity (Wildman–Crippen MR) is 104 cm³/mol. The second kappa shape index (κ2) is 9.61. The highest BCUT2D eigenvalue weighted by molar-refractivity contribution is 6.45. The SMILES string of the molecule is CCNC(=O)/C(=N/OC)c1ccccc1COc1ccccc1C(C)C. The number of carbonyl (C=O) groups is 1. The molecule has 26 heavy (non-hydrogen) atoms. The van der Waals surface area contributed by atoms with E-state index in [1.165, 1.54) is 7.11 Å². The van der Waals surface area contributed by atoms with Crippen LogP contribution in [0.2, 0.25) is 0 Å². The summed E-state index contributed by atoms with van der Waals surface area (Å²) in [6, 6.07) is 15.6. The monoisotopic (exact) mass is 354 g/mol. The summed E-state index contributed by atoms with van der Waals surface area (Å²) in [4.78, 5) is 17.2. The van der Waals surface area contributed by atoms with E-state index in [2.05, 4.69) is 30.4 Å². The molecule has 0 spiro atoms. The van der Waals surface area contributed by atoms with Crippen LogP contribution in [0.25, 0.3) is 0 Å². The Bertz CT molecular complexity index is 769. The number of oxime groups is 1. The van der Waals surface area contributed by atoms with E-state index in [1.807, 2.05) is 49.4 Å². The molecule has 1 N–H and O–H groups in total. The Hall–Kier alpha value is -2.82. The molecule has 0 aromatic heterocycles. The molecule has 0 saturated carbocycles. The Labute approximate surface area is 155 Å². The van der Waals surface area contributed by atoms with E-state index in [-0.39, 0.29) is 11.6 Å². The van der Waals surface area contributed by atoms with Gasteiger partial charge in [-0.3, -0.25) is 4.79 Å². The van der Waals surface area contributed by atoms with Crippen LogP contribution in [-0.4, -0.2) is 25.3 Å². The second-order valence-electron chi connectivity index (χ2n) is 6.12. The highest BCUT2D eigenvalue weighted by Gasteiger charge is 2.18. The first-order valence-corrected chi connectivity index (χ1v) is 8.77. The fraction of sp³-hybridized carbons (Fsp3) is 0.333. The van der Waals surface area contributed by atoms with E-state index in [1.54, 1.807) is 0 Å². The van der Waals surface area contributed by atoms with Crippen LogP contribution in [0, 0.1) is 0 Å². The van der Waals surface area contributed by atoms with Crippen LogP contribution in [0.3, 0.4) is 0 Å². The molecule has 0 aliphatic carbocycles. The molecule has 1 amide bonds. The van der Waals surface area contributed by atoms with E-state index < -0.39 is 0 Å². The summed E-state index contributed by atoms with van der Waals surface area (Å²) >= 11 is 0. The zero-order chi connectivity index (χ0) is 18.9. The van der Waals surface area contributed by atoms with Crippen LogP contribution < -0.4 is 10.1 Å². The van der Waals surface area contributed by atoms with Crippen LogP contribution in [0.15, 0.2) is 53.7 Å². The van der Waals surface area contributed by atoms with Gasteiger partial charge in [0.1, 0.15) is 19.5 Å². The lowest BCUT2D eigenvalue weighted by Gasteiger charge is -2.16. The first-order chi connectivity index (χ1) is 12.6. The zero-order valence-electron chi connectivity index (χ0n) is 15.8. The van der Waals surface area contributed by atoms with Crippen molar-refractivity contribution in [3.63, 3.8) is 0 Å². The van der Waals surface area contributed by atoms with Gasteiger partial charge in [-0.15, -0.1) is 0 Å². The molecule has 5 heteroatoms. The molecule has 2 aromatic rings. The number of nitrogens with one attached hydrogen (secondary N) is 1. The highest BCUT2D eigenvalue weighted by Crippen LogP contribution is 2.27. The van der Waals surface area contributed by atoms with Crippen molar-refractivity contribution in [2.24, 2.45) is 5.16 Å². The number of hydrogen-bond acceptors (Lipinski definition) is 4. The van der Waals surface area contributed by atoms with Gasteiger partial charge in [0.25, 0.3) is 5.91 Å². The van der Waals surface area contributed by atoms with E-state index in [0.29, 0.717) is 24.6 Å². The zero-order valence-corrected chi connectivity index (χ0v) is 15.8. The summed E-state index contributed by atoms with van der Waals surface area (Å²) in [5.41, 5.74) is 2.96. The van der Waals surface area contributed by atoms with Gasteiger partial charge in [-0.25, -0.2) is 0 Å². The van der Waals surface area contributed by atoms with Gasteiger partial charge in [-0.2, -0.15) is 0 Å². The molecule has 5 nitrogen and oxygen atoms in total. The summed E-state index contributed by atoms with van der Waals surface area (Å²) in [6.07, 6.45) is 0. The van der Waals surface area contributed by atoms with Gasteiger partial charge >= 0.3 is 0 Å². The molecule has 0 bridgehead atoms. The third kappa shape index (κ3) is 4.85. The molecule has 0 saturated heterocycles. The number of carbonyl (C=O) groups excluding carboxylic acids is 1. The fourth-order valence-corrected chi connectivity index (χ4v) is 2.67. The van der Waals surface area contributed by atoms with Crippen LogP contribution in [0.5, 0.6) is 5.75 Å². The lowest BCUT2D eigenvalue weighted by molar-refractivity contribution is -0.114. The molecule has 0 aliphatic heterocycles. The molecular weight excluding hydrogens is 328 g/mol. The number of rotatable bonds is 8. The number of ether oxygens (including phenoxy) is 1. The molecule has 0 unspecified atom stereocenters.